The van der Waals surface area contributed by atoms with Crippen LogP contribution < -0.4 is 5.73 Å². The number of aromatic nitrogens is 1. The van der Waals surface area contributed by atoms with E-state index in [0.29, 0.717) is 13.0 Å². The Balaban J connectivity index is 2.16. The molecule has 0 spiro atoms. The summed E-state index contributed by atoms with van der Waals surface area (Å²) < 4.78 is 0. The van der Waals surface area contributed by atoms with Crippen molar-refractivity contribution in [3.8, 4) is 0 Å². The van der Waals surface area contributed by atoms with E-state index in [4.69, 9.17) is 5.73 Å². The summed E-state index contributed by atoms with van der Waals surface area (Å²) in [6.45, 7) is 2.62. The van der Waals surface area contributed by atoms with Gasteiger partial charge in [0.2, 0.25) is 5.91 Å². The number of likely N-dealkylation sites (N-methyl/N-ethyl adjacent to an activating group) is 1. The third-order valence-corrected chi connectivity index (χ3v) is 3.28. The van der Waals surface area contributed by atoms with E-state index in [1.165, 1.54) is 0 Å². The third kappa shape index (κ3) is 2.38. The van der Waals surface area contributed by atoms with Crippen LogP contribution in [-0.4, -0.2) is 35.4 Å². The molecule has 1 heterocycles. The first-order valence-electron chi connectivity index (χ1n) is 6.19. The summed E-state index contributed by atoms with van der Waals surface area (Å²) in [4.78, 5) is 16.8. The monoisotopic (exact) mass is 245 g/mol. The van der Waals surface area contributed by atoms with Crippen molar-refractivity contribution in [3.63, 3.8) is 0 Å². The smallest absolute Gasteiger partial charge is 0.239 e. The Morgan fingerprint density at radius 1 is 1.44 bits per heavy atom. The standard InChI is InChI=1S/C14H19N3O/c1-3-17(2)14(18)12(15)8-10-9-16-13-7-5-4-6-11(10)13/h4-7,9,12,16H,3,8,15H2,1-2H3. The van der Waals surface area contributed by atoms with E-state index < -0.39 is 6.04 Å². The van der Waals surface area contributed by atoms with Gasteiger partial charge in [-0.2, -0.15) is 0 Å². The highest BCUT2D eigenvalue weighted by atomic mass is 16.2. The summed E-state index contributed by atoms with van der Waals surface area (Å²) >= 11 is 0. The molecule has 1 aromatic heterocycles. The second-order valence-corrected chi connectivity index (χ2v) is 4.52. The molecular formula is C14H19N3O. The Morgan fingerprint density at radius 3 is 2.89 bits per heavy atom. The zero-order chi connectivity index (χ0) is 13.1. The van der Waals surface area contributed by atoms with Crippen LogP contribution in [0, 0.1) is 0 Å². The minimum atomic E-state index is -0.478. The van der Waals surface area contributed by atoms with E-state index in [1.54, 1.807) is 11.9 Å². The number of carbonyl (C=O) groups excluding carboxylic acids is 1. The lowest BCUT2D eigenvalue weighted by atomic mass is 10.0. The van der Waals surface area contributed by atoms with Crippen molar-refractivity contribution >= 4 is 16.8 Å². The first kappa shape index (κ1) is 12.6. The van der Waals surface area contributed by atoms with Crippen molar-refractivity contribution in [1.29, 1.82) is 0 Å². The number of para-hydroxylation sites is 1. The van der Waals surface area contributed by atoms with E-state index in [9.17, 15) is 4.79 Å². The fourth-order valence-electron chi connectivity index (χ4n) is 2.06. The molecule has 1 unspecified atom stereocenters. The highest BCUT2D eigenvalue weighted by molar-refractivity contribution is 5.86. The number of carbonyl (C=O) groups is 1. The van der Waals surface area contributed by atoms with Crippen molar-refractivity contribution in [2.45, 2.75) is 19.4 Å². The summed E-state index contributed by atoms with van der Waals surface area (Å²) in [6, 6.07) is 7.56. The van der Waals surface area contributed by atoms with Crippen molar-refractivity contribution in [2.24, 2.45) is 5.73 Å². The van der Waals surface area contributed by atoms with Crippen LogP contribution in [0.4, 0.5) is 0 Å². The molecule has 1 aromatic carbocycles. The lowest BCUT2D eigenvalue weighted by Crippen LogP contribution is -2.42. The van der Waals surface area contributed by atoms with Gasteiger partial charge in [-0.05, 0) is 25.0 Å². The second kappa shape index (κ2) is 5.23. The van der Waals surface area contributed by atoms with Crippen molar-refractivity contribution in [3.05, 3.63) is 36.0 Å². The molecule has 3 N–H and O–H groups in total. The Labute approximate surface area is 107 Å². The normalized spacial score (nSPS) is 12.6. The molecule has 0 fully saturated rings. The Kier molecular flexibility index (Phi) is 3.67. The SMILES string of the molecule is CCN(C)C(=O)C(N)Cc1c[nH]c2ccccc12. The predicted molar refractivity (Wildman–Crippen MR) is 73.3 cm³/mol. The molecule has 0 radical (unpaired) electrons. The summed E-state index contributed by atoms with van der Waals surface area (Å²) in [5.41, 5.74) is 8.14. The number of fused-ring (bicyclic) bond motifs is 1. The number of nitrogens with two attached hydrogens (primary N) is 1. The van der Waals surface area contributed by atoms with Crippen LogP contribution in [0.1, 0.15) is 12.5 Å². The molecular weight excluding hydrogens is 226 g/mol. The molecule has 4 nitrogen and oxygen atoms in total. The van der Waals surface area contributed by atoms with E-state index in [1.807, 2.05) is 37.4 Å². The number of H-pyrrole nitrogens is 1. The Hall–Kier alpha value is -1.81. The van der Waals surface area contributed by atoms with Crippen molar-refractivity contribution < 1.29 is 4.79 Å². The first-order chi connectivity index (χ1) is 8.63. The largest absolute Gasteiger partial charge is 0.361 e. The van der Waals surface area contributed by atoms with Gasteiger partial charge in [0, 0.05) is 30.7 Å². The van der Waals surface area contributed by atoms with Gasteiger partial charge in [-0.1, -0.05) is 18.2 Å². The number of hydrogen-bond donors (Lipinski definition) is 2. The molecule has 2 aromatic rings. The highest BCUT2D eigenvalue weighted by Crippen LogP contribution is 2.18. The van der Waals surface area contributed by atoms with Gasteiger partial charge < -0.3 is 15.6 Å². The van der Waals surface area contributed by atoms with Gasteiger partial charge >= 0.3 is 0 Å². The number of benzene rings is 1. The molecule has 0 saturated heterocycles. The van der Waals surface area contributed by atoms with Crippen LogP contribution in [0.3, 0.4) is 0 Å². The van der Waals surface area contributed by atoms with Gasteiger partial charge in [0.15, 0.2) is 0 Å². The summed E-state index contributed by atoms with van der Waals surface area (Å²) in [6.07, 6.45) is 2.50. The van der Waals surface area contributed by atoms with Crippen molar-refractivity contribution in [2.75, 3.05) is 13.6 Å². The highest BCUT2D eigenvalue weighted by Gasteiger charge is 2.18. The van der Waals surface area contributed by atoms with Crippen LogP contribution in [0.2, 0.25) is 0 Å². The van der Waals surface area contributed by atoms with Crippen LogP contribution in [-0.2, 0) is 11.2 Å². The third-order valence-electron chi connectivity index (χ3n) is 3.28. The molecule has 1 atom stereocenters. The van der Waals surface area contributed by atoms with Gasteiger partial charge in [0.25, 0.3) is 0 Å². The van der Waals surface area contributed by atoms with E-state index in [-0.39, 0.29) is 5.91 Å². The Morgan fingerprint density at radius 2 is 2.17 bits per heavy atom. The van der Waals surface area contributed by atoms with E-state index in [2.05, 4.69) is 4.98 Å². The van der Waals surface area contributed by atoms with Crippen LogP contribution >= 0.6 is 0 Å². The number of nitrogens with one attached hydrogen (secondary N) is 1. The molecule has 0 saturated carbocycles. The van der Waals surface area contributed by atoms with Gasteiger partial charge in [0.1, 0.15) is 0 Å². The fraction of sp³-hybridized carbons (Fsp3) is 0.357. The maximum atomic E-state index is 11.9. The van der Waals surface area contributed by atoms with Crippen LogP contribution in [0.5, 0.6) is 0 Å². The number of aromatic amines is 1. The number of hydrogen-bond acceptors (Lipinski definition) is 2. The maximum Gasteiger partial charge on any atom is 0.239 e. The number of nitrogens with zero attached hydrogens (tertiary/aromatic N) is 1. The summed E-state index contributed by atoms with van der Waals surface area (Å²) in [5.74, 6) is -0.0113. The number of amides is 1. The quantitative estimate of drug-likeness (QED) is 0.857. The Bertz CT molecular complexity index is 547. The molecule has 0 aliphatic rings. The lowest BCUT2D eigenvalue weighted by Gasteiger charge is -2.19. The van der Waals surface area contributed by atoms with E-state index in [0.717, 1.165) is 16.5 Å². The molecule has 2 rings (SSSR count). The molecule has 0 aliphatic carbocycles. The number of rotatable bonds is 4. The molecule has 96 valence electrons. The average molecular weight is 245 g/mol. The van der Waals surface area contributed by atoms with Crippen LogP contribution in [0.15, 0.2) is 30.5 Å². The summed E-state index contributed by atoms with van der Waals surface area (Å²) in [5, 5.41) is 1.14. The molecule has 0 bridgehead atoms. The van der Waals surface area contributed by atoms with Gasteiger partial charge in [0.05, 0.1) is 6.04 Å². The zero-order valence-corrected chi connectivity index (χ0v) is 10.8. The minimum absolute atomic E-state index is 0.0113. The molecule has 1 amide bonds. The van der Waals surface area contributed by atoms with Gasteiger partial charge in [-0.25, -0.2) is 0 Å². The fourth-order valence-corrected chi connectivity index (χ4v) is 2.06. The predicted octanol–water partition coefficient (Wildman–Crippen LogP) is 1.52. The molecule has 4 heteroatoms. The average Bonchev–Trinajstić information content (AvgIpc) is 2.80. The van der Waals surface area contributed by atoms with Crippen LogP contribution in [0.25, 0.3) is 10.9 Å². The maximum absolute atomic E-state index is 11.9. The van der Waals surface area contributed by atoms with Gasteiger partial charge in [-0.15, -0.1) is 0 Å². The minimum Gasteiger partial charge on any atom is -0.361 e. The first-order valence-corrected chi connectivity index (χ1v) is 6.19. The van der Waals surface area contributed by atoms with Crippen molar-refractivity contribution in [1.82, 2.24) is 9.88 Å². The van der Waals surface area contributed by atoms with Gasteiger partial charge in [-0.3, -0.25) is 4.79 Å². The van der Waals surface area contributed by atoms with E-state index >= 15 is 0 Å². The summed E-state index contributed by atoms with van der Waals surface area (Å²) in [7, 11) is 1.78. The second-order valence-electron chi connectivity index (χ2n) is 4.52. The zero-order valence-electron chi connectivity index (χ0n) is 10.8. The molecule has 0 aliphatic heterocycles. The lowest BCUT2D eigenvalue weighted by molar-refractivity contribution is -0.131. The molecule has 18 heavy (non-hydrogen) atoms. The topological polar surface area (TPSA) is 62.1 Å².